The van der Waals surface area contributed by atoms with Crippen LogP contribution in [0.5, 0.6) is 0 Å². The number of hydrogen-bond acceptors (Lipinski definition) is 8. The molecule has 0 amide bonds. The molecule has 6 nitrogen and oxygen atoms in total. The molecule has 0 saturated heterocycles. The van der Waals surface area contributed by atoms with Crippen molar-refractivity contribution in [3.8, 4) is 0 Å². The Labute approximate surface area is 164 Å². The number of hydrogen-bond donors (Lipinski definition) is 0. The summed E-state index contributed by atoms with van der Waals surface area (Å²) in [6, 6.07) is 0. The minimum absolute atomic E-state index is 0.108. The van der Waals surface area contributed by atoms with Gasteiger partial charge in [0, 0.05) is 12.8 Å². The number of aryl methyl sites for hydroxylation is 2. The molecule has 0 aliphatic carbocycles. The van der Waals surface area contributed by atoms with Crippen molar-refractivity contribution in [1.29, 1.82) is 0 Å². The topological polar surface area (TPSA) is 78.4 Å². The summed E-state index contributed by atoms with van der Waals surface area (Å²) in [5, 5.41) is 0. The molecule has 0 saturated carbocycles. The molecule has 0 atom stereocenters. The summed E-state index contributed by atoms with van der Waals surface area (Å²) in [5.41, 5.74) is 2.83. The normalized spacial score (nSPS) is 10.6. The van der Waals surface area contributed by atoms with Gasteiger partial charge in [0.2, 0.25) is 0 Å². The van der Waals surface area contributed by atoms with Gasteiger partial charge in [-0.3, -0.25) is 19.6 Å². The molecule has 146 valence electrons. The van der Waals surface area contributed by atoms with E-state index in [1.165, 1.54) is 0 Å². The number of thioether (sulfide) groups is 2. The number of carbonyl (C=O) groups excluding carboxylic acids is 2. The van der Waals surface area contributed by atoms with Crippen LogP contribution in [0, 0.1) is 0 Å². The van der Waals surface area contributed by atoms with Crippen molar-refractivity contribution in [3.05, 3.63) is 22.8 Å². The van der Waals surface area contributed by atoms with E-state index < -0.39 is 0 Å². The van der Waals surface area contributed by atoms with Gasteiger partial charge in [0.15, 0.2) is 0 Å². The average Bonchev–Trinajstić information content (AvgIpc) is 2.60. The second kappa shape index (κ2) is 13.0. The lowest BCUT2D eigenvalue weighted by Crippen LogP contribution is -2.18. The molecular formula is C18H28N2O4S2. The number of aromatic nitrogens is 2. The smallest absolute Gasteiger partial charge is 0.311 e. The van der Waals surface area contributed by atoms with Crippen LogP contribution in [0.3, 0.4) is 0 Å². The Morgan fingerprint density at radius 1 is 0.769 bits per heavy atom. The number of ether oxygens (including phenoxy) is 2. The third kappa shape index (κ3) is 7.95. The maximum absolute atomic E-state index is 11.9. The molecule has 0 bridgehead atoms. The average molecular weight is 401 g/mol. The largest absolute Gasteiger partial charge is 0.466 e. The quantitative estimate of drug-likeness (QED) is 0.495. The van der Waals surface area contributed by atoms with Crippen LogP contribution in [0.1, 0.15) is 36.6 Å². The van der Waals surface area contributed by atoms with Crippen molar-refractivity contribution in [3.63, 3.8) is 0 Å². The summed E-state index contributed by atoms with van der Waals surface area (Å²) < 4.78 is 10.1. The molecular weight excluding hydrogens is 372 g/mol. The molecule has 0 spiro atoms. The molecule has 1 aromatic rings. The Morgan fingerprint density at radius 3 is 1.46 bits per heavy atom. The van der Waals surface area contributed by atoms with Gasteiger partial charge in [0.25, 0.3) is 0 Å². The molecule has 26 heavy (non-hydrogen) atoms. The van der Waals surface area contributed by atoms with E-state index in [1.54, 1.807) is 37.4 Å². The van der Waals surface area contributed by atoms with Crippen molar-refractivity contribution in [2.24, 2.45) is 0 Å². The van der Waals surface area contributed by atoms with E-state index in [0.717, 1.165) is 22.9 Å². The fourth-order valence-corrected chi connectivity index (χ4v) is 3.16. The van der Waals surface area contributed by atoms with Gasteiger partial charge in [-0.25, -0.2) is 0 Å². The lowest BCUT2D eigenvalue weighted by atomic mass is 10.1. The summed E-state index contributed by atoms with van der Waals surface area (Å²) in [7, 11) is 0. The van der Waals surface area contributed by atoms with Gasteiger partial charge in [-0.15, -0.1) is 0 Å². The van der Waals surface area contributed by atoms with E-state index in [-0.39, 0.29) is 24.8 Å². The van der Waals surface area contributed by atoms with Crippen LogP contribution in [0.2, 0.25) is 0 Å². The molecule has 0 aliphatic heterocycles. The molecule has 0 N–H and O–H groups in total. The first-order valence-electron chi connectivity index (χ1n) is 8.72. The fourth-order valence-electron chi connectivity index (χ4n) is 2.36. The van der Waals surface area contributed by atoms with Crippen LogP contribution in [0.4, 0.5) is 0 Å². The van der Waals surface area contributed by atoms with E-state index >= 15 is 0 Å². The summed E-state index contributed by atoms with van der Waals surface area (Å²) in [6.45, 7) is 4.24. The van der Waals surface area contributed by atoms with Crippen LogP contribution in [-0.2, 0) is 44.7 Å². The Hall–Kier alpha value is -1.28. The number of esters is 2. The van der Waals surface area contributed by atoms with E-state index in [2.05, 4.69) is 0 Å². The van der Waals surface area contributed by atoms with Gasteiger partial charge in [0.1, 0.15) is 0 Å². The highest BCUT2D eigenvalue weighted by Crippen LogP contribution is 2.16. The first-order valence-corrected chi connectivity index (χ1v) is 11.5. The second-order valence-electron chi connectivity index (χ2n) is 5.46. The van der Waals surface area contributed by atoms with Gasteiger partial charge < -0.3 is 9.47 Å². The van der Waals surface area contributed by atoms with E-state index in [1.807, 2.05) is 12.5 Å². The van der Waals surface area contributed by atoms with Crippen molar-refractivity contribution in [2.45, 2.75) is 39.5 Å². The van der Waals surface area contributed by atoms with Crippen LogP contribution in [0.15, 0.2) is 0 Å². The third-order valence-corrected chi connectivity index (χ3v) is 4.75. The number of nitrogens with zero attached hydrogens (tertiary/aromatic N) is 2. The Balaban J connectivity index is 3.19. The maximum Gasteiger partial charge on any atom is 0.311 e. The molecule has 0 fully saturated rings. The van der Waals surface area contributed by atoms with E-state index in [0.29, 0.717) is 37.4 Å². The minimum Gasteiger partial charge on any atom is -0.466 e. The van der Waals surface area contributed by atoms with Gasteiger partial charge in [0.05, 0.1) is 48.8 Å². The van der Waals surface area contributed by atoms with Crippen molar-refractivity contribution < 1.29 is 19.1 Å². The first-order chi connectivity index (χ1) is 12.5. The zero-order valence-corrected chi connectivity index (χ0v) is 17.6. The Morgan fingerprint density at radius 2 is 1.15 bits per heavy atom. The fraction of sp³-hybridized carbons (Fsp3) is 0.667. The van der Waals surface area contributed by atoms with Crippen LogP contribution in [0.25, 0.3) is 0 Å². The second-order valence-corrected chi connectivity index (χ2v) is 7.43. The minimum atomic E-state index is -0.304. The standard InChI is InChI=1S/C18H28N2O4S2/c1-5-23-17(21)11-15-13(7-9-25-3)20-16(12-18(22)24-6-2)14(19-15)8-10-26-4/h5-12H2,1-4H3. The third-order valence-electron chi connectivity index (χ3n) is 3.53. The van der Waals surface area contributed by atoms with Crippen LogP contribution >= 0.6 is 23.5 Å². The number of carbonyl (C=O) groups is 2. The summed E-state index contributed by atoms with van der Waals surface area (Å²) in [5.74, 6) is 1.13. The molecule has 0 aromatic carbocycles. The highest BCUT2D eigenvalue weighted by atomic mass is 32.2. The molecule has 1 rings (SSSR count). The lowest BCUT2D eigenvalue weighted by Gasteiger charge is -2.14. The van der Waals surface area contributed by atoms with E-state index in [4.69, 9.17) is 19.4 Å². The Bertz CT molecular complexity index is 545. The van der Waals surface area contributed by atoms with Crippen LogP contribution in [-0.4, -0.2) is 59.1 Å². The zero-order chi connectivity index (χ0) is 19.4. The highest BCUT2D eigenvalue weighted by Gasteiger charge is 2.19. The molecule has 1 heterocycles. The molecule has 0 unspecified atom stereocenters. The molecule has 0 aliphatic rings. The van der Waals surface area contributed by atoms with E-state index in [9.17, 15) is 9.59 Å². The van der Waals surface area contributed by atoms with Crippen LogP contribution < -0.4 is 0 Å². The van der Waals surface area contributed by atoms with Crippen molar-refractivity contribution >= 4 is 35.5 Å². The zero-order valence-electron chi connectivity index (χ0n) is 16.0. The van der Waals surface area contributed by atoms with Gasteiger partial charge in [-0.2, -0.15) is 23.5 Å². The van der Waals surface area contributed by atoms with Gasteiger partial charge in [-0.05, 0) is 37.9 Å². The van der Waals surface area contributed by atoms with Gasteiger partial charge in [-0.1, -0.05) is 0 Å². The molecule has 1 aromatic heterocycles. The maximum atomic E-state index is 11.9. The summed E-state index contributed by atoms with van der Waals surface area (Å²) >= 11 is 3.40. The molecule has 8 heteroatoms. The lowest BCUT2D eigenvalue weighted by molar-refractivity contribution is -0.143. The predicted molar refractivity (Wildman–Crippen MR) is 107 cm³/mol. The predicted octanol–water partition coefficient (Wildman–Crippen LogP) is 2.50. The first kappa shape index (κ1) is 22.8. The summed E-state index contributed by atoms with van der Waals surface area (Å²) in [6.07, 6.45) is 5.64. The van der Waals surface area contributed by atoms with Crippen molar-refractivity contribution in [2.75, 3.05) is 37.2 Å². The molecule has 0 radical (unpaired) electrons. The van der Waals surface area contributed by atoms with Gasteiger partial charge >= 0.3 is 11.9 Å². The Kier molecular flexibility index (Phi) is 11.4. The summed E-state index contributed by atoms with van der Waals surface area (Å²) in [4.78, 5) is 33.3. The monoisotopic (exact) mass is 400 g/mol. The number of rotatable bonds is 12. The SMILES string of the molecule is CCOC(=O)Cc1nc(CCSC)c(CC(=O)OCC)nc1CCSC. The highest BCUT2D eigenvalue weighted by molar-refractivity contribution is 7.98. The van der Waals surface area contributed by atoms with Crippen molar-refractivity contribution in [1.82, 2.24) is 9.97 Å².